The second-order valence-electron chi connectivity index (χ2n) is 6.73. The maximum atomic E-state index is 11.9. The van der Waals surface area contributed by atoms with E-state index in [2.05, 4.69) is 44.5 Å². The number of piperidine rings is 1. The summed E-state index contributed by atoms with van der Waals surface area (Å²) >= 11 is 0. The summed E-state index contributed by atoms with van der Waals surface area (Å²) in [6, 6.07) is 10.4. The number of carbonyl (C=O) groups excluding carboxylic acids is 1. The summed E-state index contributed by atoms with van der Waals surface area (Å²) in [5, 5.41) is 4.62. The van der Waals surface area contributed by atoms with Gasteiger partial charge in [0.25, 0.3) is 0 Å². The number of hydrogen-bond donors (Lipinski definition) is 1. The van der Waals surface area contributed by atoms with Gasteiger partial charge in [-0.1, -0.05) is 24.3 Å². The summed E-state index contributed by atoms with van der Waals surface area (Å²) in [5.41, 5.74) is 2.30. The zero-order valence-corrected chi connectivity index (χ0v) is 18.9. The van der Waals surface area contributed by atoms with Gasteiger partial charge in [-0.25, -0.2) is 0 Å². The van der Waals surface area contributed by atoms with Crippen LogP contribution >= 0.6 is 24.0 Å². The molecule has 152 valence electrons. The molecule has 0 atom stereocenters. The number of nitrogens with one attached hydrogen (secondary N) is 1. The molecule has 1 fully saturated rings. The second-order valence-corrected chi connectivity index (χ2v) is 6.73. The van der Waals surface area contributed by atoms with E-state index in [1.165, 1.54) is 10.9 Å². The Labute approximate surface area is 183 Å². The van der Waals surface area contributed by atoms with E-state index in [4.69, 9.17) is 4.74 Å². The number of carbonyl (C=O) groups is 1. The van der Waals surface area contributed by atoms with Crippen molar-refractivity contribution in [2.75, 3.05) is 33.3 Å². The van der Waals surface area contributed by atoms with Gasteiger partial charge in [-0.15, -0.1) is 24.0 Å². The molecule has 0 unspecified atom stereocenters. The van der Waals surface area contributed by atoms with Crippen LogP contribution in [-0.4, -0.2) is 55.1 Å². The van der Waals surface area contributed by atoms with E-state index >= 15 is 0 Å². The molecule has 1 aliphatic heterocycles. The lowest BCUT2D eigenvalue weighted by atomic mass is 9.97. The van der Waals surface area contributed by atoms with Gasteiger partial charge >= 0.3 is 5.97 Å². The summed E-state index contributed by atoms with van der Waals surface area (Å²) in [4.78, 5) is 23.0. The van der Waals surface area contributed by atoms with Crippen LogP contribution in [0.5, 0.6) is 0 Å². The predicted molar refractivity (Wildman–Crippen MR) is 123 cm³/mol. The number of pyridine rings is 1. The van der Waals surface area contributed by atoms with E-state index in [1.54, 1.807) is 7.05 Å². The Balaban J connectivity index is 0.00000280. The van der Waals surface area contributed by atoms with E-state index < -0.39 is 0 Å². The van der Waals surface area contributed by atoms with Crippen molar-refractivity contribution < 1.29 is 9.53 Å². The van der Waals surface area contributed by atoms with Crippen molar-refractivity contribution in [2.45, 2.75) is 26.2 Å². The minimum Gasteiger partial charge on any atom is -0.466 e. The van der Waals surface area contributed by atoms with Gasteiger partial charge in [0.05, 0.1) is 18.0 Å². The van der Waals surface area contributed by atoms with E-state index in [1.807, 2.05) is 19.2 Å². The van der Waals surface area contributed by atoms with Crippen molar-refractivity contribution >= 4 is 46.8 Å². The van der Waals surface area contributed by atoms with Crippen molar-refractivity contribution in [2.24, 2.45) is 10.9 Å². The van der Waals surface area contributed by atoms with E-state index in [-0.39, 0.29) is 35.9 Å². The molecule has 1 aromatic heterocycles. The van der Waals surface area contributed by atoms with Gasteiger partial charge < -0.3 is 15.0 Å². The van der Waals surface area contributed by atoms with E-state index in [0.717, 1.165) is 50.4 Å². The summed E-state index contributed by atoms with van der Waals surface area (Å²) in [5.74, 6) is 0.843. The van der Waals surface area contributed by atoms with Gasteiger partial charge in [-0.3, -0.25) is 14.8 Å². The zero-order valence-electron chi connectivity index (χ0n) is 16.6. The second kappa shape index (κ2) is 11.2. The number of hydrogen-bond acceptors (Lipinski definition) is 4. The molecule has 0 radical (unpaired) electrons. The zero-order chi connectivity index (χ0) is 19.1. The first-order valence-electron chi connectivity index (χ1n) is 9.67. The lowest BCUT2D eigenvalue weighted by Gasteiger charge is -2.33. The molecule has 1 N–H and O–H groups in total. The number of fused-ring (bicyclic) bond motifs is 1. The Bertz CT molecular complexity index is 799. The highest BCUT2D eigenvalue weighted by atomic mass is 127. The SMILES string of the molecule is CCOC(=O)C1CCN(C(=NC)NCCc2cccc3cccnc23)CC1.I. The molecule has 1 aromatic carbocycles. The van der Waals surface area contributed by atoms with Crippen LogP contribution in [0.3, 0.4) is 0 Å². The first-order valence-corrected chi connectivity index (χ1v) is 9.67. The first kappa shape index (κ1) is 22.4. The number of para-hydroxylation sites is 1. The number of aromatic nitrogens is 1. The smallest absolute Gasteiger partial charge is 0.309 e. The summed E-state index contributed by atoms with van der Waals surface area (Å²) in [7, 11) is 1.80. The molecule has 6 nitrogen and oxygen atoms in total. The van der Waals surface area contributed by atoms with Crippen molar-refractivity contribution in [3.8, 4) is 0 Å². The first-order chi connectivity index (χ1) is 13.2. The summed E-state index contributed by atoms with van der Waals surface area (Å²) in [6.45, 7) is 4.73. The summed E-state index contributed by atoms with van der Waals surface area (Å²) < 4.78 is 5.14. The molecule has 0 amide bonds. The predicted octanol–water partition coefficient (Wildman–Crippen LogP) is 3.25. The largest absolute Gasteiger partial charge is 0.466 e. The van der Waals surface area contributed by atoms with Crippen LogP contribution in [-0.2, 0) is 16.0 Å². The number of rotatable bonds is 5. The minimum absolute atomic E-state index is 0. The normalized spacial score (nSPS) is 15.2. The van der Waals surface area contributed by atoms with Crippen molar-refractivity contribution in [3.63, 3.8) is 0 Å². The fraction of sp³-hybridized carbons (Fsp3) is 0.476. The van der Waals surface area contributed by atoms with Crippen LogP contribution in [0, 0.1) is 5.92 Å². The third-order valence-electron chi connectivity index (χ3n) is 5.02. The van der Waals surface area contributed by atoms with Crippen LogP contribution < -0.4 is 5.32 Å². The van der Waals surface area contributed by atoms with Crippen molar-refractivity contribution in [3.05, 3.63) is 42.1 Å². The molecule has 2 aromatic rings. The molecule has 1 saturated heterocycles. The van der Waals surface area contributed by atoms with Crippen LogP contribution in [0.2, 0.25) is 0 Å². The van der Waals surface area contributed by atoms with Crippen LogP contribution in [0.15, 0.2) is 41.5 Å². The number of guanidine groups is 1. The van der Waals surface area contributed by atoms with Gasteiger partial charge in [0.1, 0.15) is 0 Å². The van der Waals surface area contributed by atoms with Crippen LogP contribution in [0.25, 0.3) is 10.9 Å². The fourth-order valence-electron chi connectivity index (χ4n) is 3.60. The Kier molecular flexibility index (Phi) is 8.95. The maximum Gasteiger partial charge on any atom is 0.309 e. The Hall–Kier alpha value is -1.90. The third-order valence-corrected chi connectivity index (χ3v) is 5.02. The number of aliphatic imine (C=N–C) groups is 1. The molecule has 0 aliphatic carbocycles. The quantitative estimate of drug-likeness (QED) is 0.298. The molecule has 2 heterocycles. The molecule has 3 rings (SSSR count). The van der Waals surface area contributed by atoms with Gasteiger partial charge in [0.2, 0.25) is 0 Å². The standard InChI is InChI=1S/C21H28N4O2.HI/c1-3-27-20(26)18-10-14-25(15-11-18)21(22-2)24-13-9-17-7-4-6-16-8-5-12-23-19(16)17;/h4-8,12,18H,3,9-11,13-15H2,1-2H3,(H,22,24);1H. The van der Waals surface area contributed by atoms with Gasteiger partial charge in [0.15, 0.2) is 5.96 Å². The highest BCUT2D eigenvalue weighted by Crippen LogP contribution is 2.19. The molecule has 0 spiro atoms. The number of ether oxygens (including phenoxy) is 1. The molecule has 1 aliphatic rings. The minimum atomic E-state index is -0.0662. The van der Waals surface area contributed by atoms with E-state index in [9.17, 15) is 4.79 Å². The van der Waals surface area contributed by atoms with Crippen LogP contribution in [0.4, 0.5) is 0 Å². The molecular weight excluding hydrogens is 467 g/mol. The molecule has 7 heteroatoms. The van der Waals surface area contributed by atoms with Crippen LogP contribution in [0.1, 0.15) is 25.3 Å². The topological polar surface area (TPSA) is 66.8 Å². The van der Waals surface area contributed by atoms with Crippen molar-refractivity contribution in [1.29, 1.82) is 0 Å². The Morgan fingerprint density at radius 1 is 1.29 bits per heavy atom. The highest BCUT2D eigenvalue weighted by molar-refractivity contribution is 14.0. The molecular formula is C21H29IN4O2. The van der Waals surface area contributed by atoms with Crippen molar-refractivity contribution in [1.82, 2.24) is 15.2 Å². The lowest BCUT2D eigenvalue weighted by molar-refractivity contribution is -0.149. The van der Waals surface area contributed by atoms with Gasteiger partial charge in [-0.05, 0) is 37.8 Å². The maximum absolute atomic E-state index is 11.9. The fourth-order valence-corrected chi connectivity index (χ4v) is 3.60. The average Bonchev–Trinajstić information content (AvgIpc) is 2.72. The third kappa shape index (κ3) is 5.56. The highest BCUT2D eigenvalue weighted by Gasteiger charge is 2.27. The number of esters is 1. The molecule has 28 heavy (non-hydrogen) atoms. The monoisotopic (exact) mass is 496 g/mol. The molecule has 0 saturated carbocycles. The van der Waals surface area contributed by atoms with Gasteiger partial charge in [-0.2, -0.15) is 0 Å². The lowest BCUT2D eigenvalue weighted by Crippen LogP contribution is -2.47. The Morgan fingerprint density at radius 3 is 2.75 bits per heavy atom. The number of benzene rings is 1. The number of nitrogens with zero attached hydrogens (tertiary/aromatic N) is 3. The van der Waals surface area contributed by atoms with Gasteiger partial charge in [0, 0.05) is 38.3 Å². The number of likely N-dealkylation sites (tertiary alicyclic amines) is 1. The Morgan fingerprint density at radius 2 is 2.04 bits per heavy atom. The number of halogens is 1. The molecule has 0 bridgehead atoms. The average molecular weight is 496 g/mol. The summed E-state index contributed by atoms with van der Waals surface area (Å²) in [6.07, 6.45) is 4.35. The van der Waals surface area contributed by atoms with E-state index in [0.29, 0.717) is 6.61 Å².